The number of benzene rings is 1. The first-order chi connectivity index (χ1) is 12.3. The molecule has 136 valence electrons. The molecular weight excluding hydrogens is 308 g/mol. The molecule has 1 aromatic heterocycles. The highest BCUT2D eigenvalue weighted by Gasteiger charge is 2.18. The van der Waals surface area contributed by atoms with Gasteiger partial charge < -0.3 is 5.32 Å². The molecule has 1 atom stereocenters. The second kappa shape index (κ2) is 9.59. The van der Waals surface area contributed by atoms with E-state index >= 15 is 0 Å². The number of aromatic nitrogens is 3. The van der Waals surface area contributed by atoms with Gasteiger partial charge in [0.05, 0.1) is 12.7 Å². The van der Waals surface area contributed by atoms with E-state index in [-0.39, 0.29) is 0 Å². The summed E-state index contributed by atoms with van der Waals surface area (Å²) in [5.74, 6) is 2.60. The fourth-order valence-electron chi connectivity index (χ4n) is 3.95. The smallest absolute Gasteiger partial charge is 0.168 e. The van der Waals surface area contributed by atoms with Gasteiger partial charge in [-0.15, -0.1) is 5.10 Å². The lowest BCUT2D eigenvalue weighted by Crippen LogP contribution is -2.17. The van der Waals surface area contributed by atoms with Crippen LogP contribution in [0.3, 0.4) is 0 Å². The van der Waals surface area contributed by atoms with Crippen LogP contribution in [0.25, 0.3) is 0 Å². The Hall–Kier alpha value is -1.84. The molecule has 1 aromatic carbocycles. The first kappa shape index (κ1) is 18.0. The molecule has 0 bridgehead atoms. The SMILES string of the molecule is CC(CCNc1cn(Cc2ccccc2)nn1)C1CCCCCCC1. The number of anilines is 1. The molecule has 0 spiro atoms. The third kappa shape index (κ3) is 5.87. The highest BCUT2D eigenvalue weighted by atomic mass is 15.4. The summed E-state index contributed by atoms with van der Waals surface area (Å²) in [6, 6.07) is 10.4. The Morgan fingerprint density at radius 2 is 1.80 bits per heavy atom. The average molecular weight is 341 g/mol. The van der Waals surface area contributed by atoms with Crippen molar-refractivity contribution in [3.63, 3.8) is 0 Å². The van der Waals surface area contributed by atoms with E-state index in [1.807, 2.05) is 16.9 Å². The van der Waals surface area contributed by atoms with E-state index in [4.69, 9.17) is 0 Å². The average Bonchev–Trinajstić information content (AvgIpc) is 3.02. The maximum atomic E-state index is 4.25. The Labute approximate surface area is 152 Å². The van der Waals surface area contributed by atoms with Crippen molar-refractivity contribution in [2.75, 3.05) is 11.9 Å². The van der Waals surface area contributed by atoms with E-state index < -0.39 is 0 Å². The Bertz CT molecular complexity index is 599. The van der Waals surface area contributed by atoms with Crippen molar-refractivity contribution in [2.24, 2.45) is 11.8 Å². The lowest BCUT2D eigenvalue weighted by atomic mass is 9.81. The van der Waals surface area contributed by atoms with Crippen LogP contribution in [0.5, 0.6) is 0 Å². The van der Waals surface area contributed by atoms with E-state index in [0.717, 1.165) is 30.7 Å². The zero-order chi connectivity index (χ0) is 17.3. The molecule has 0 radical (unpaired) electrons. The monoisotopic (exact) mass is 340 g/mol. The molecule has 4 heteroatoms. The van der Waals surface area contributed by atoms with E-state index in [2.05, 4.69) is 46.8 Å². The molecule has 1 aliphatic rings. The molecule has 4 nitrogen and oxygen atoms in total. The van der Waals surface area contributed by atoms with Gasteiger partial charge in [-0.3, -0.25) is 0 Å². The normalized spacial score (nSPS) is 17.6. The third-order valence-corrected chi connectivity index (χ3v) is 5.59. The number of nitrogens with one attached hydrogen (secondary N) is 1. The molecule has 0 aliphatic heterocycles. The molecule has 0 saturated heterocycles. The molecular formula is C21H32N4. The van der Waals surface area contributed by atoms with Gasteiger partial charge in [0.15, 0.2) is 5.82 Å². The van der Waals surface area contributed by atoms with Crippen molar-refractivity contribution in [1.82, 2.24) is 15.0 Å². The Morgan fingerprint density at radius 3 is 2.56 bits per heavy atom. The molecule has 1 heterocycles. The van der Waals surface area contributed by atoms with Crippen LogP contribution in [0.4, 0.5) is 5.82 Å². The molecule has 1 aliphatic carbocycles. The third-order valence-electron chi connectivity index (χ3n) is 5.59. The first-order valence-corrected chi connectivity index (χ1v) is 9.99. The summed E-state index contributed by atoms with van der Waals surface area (Å²) in [6.45, 7) is 4.19. The molecule has 25 heavy (non-hydrogen) atoms. The second-order valence-corrected chi connectivity index (χ2v) is 7.58. The van der Waals surface area contributed by atoms with Gasteiger partial charge in [-0.2, -0.15) is 0 Å². The Morgan fingerprint density at radius 1 is 1.08 bits per heavy atom. The van der Waals surface area contributed by atoms with Crippen LogP contribution >= 0.6 is 0 Å². The van der Waals surface area contributed by atoms with E-state index in [9.17, 15) is 0 Å². The quantitative estimate of drug-likeness (QED) is 0.760. The molecule has 1 unspecified atom stereocenters. The summed E-state index contributed by atoms with van der Waals surface area (Å²) in [6.07, 6.45) is 13.2. The van der Waals surface area contributed by atoms with Crippen LogP contribution in [0.2, 0.25) is 0 Å². The maximum absolute atomic E-state index is 4.25. The molecule has 1 fully saturated rings. The van der Waals surface area contributed by atoms with Crippen molar-refractivity contribution in [3.8, 4) is 0 Å². The van der Waals surface area contributed by atoms with Crippen LogP contribution < -0.4 is 5.32 Å². The van der Waals surface area contributed by atoms with Gasteiger partial charge in [-0.1, -0.05) is 87.4 Å². The van der Waals surface area contributed by atoms with E-state index in [0.29, 0.717) is 0 Å². The van der Waals surface area contributed by atoms with Crippen molar-refractivity contribution in [3.05, 3.63) is 42.1 Å². The fourth-order valence-corrected chi connectivity index (χ4v) is 3.95. The summed E-state index contributed by atoms with van der Waals surface area (Å²) in [7, 11) is 0. The minimum Gasteiger partial charge on any atom is -0.367 e. The lowest BCUT2D eigenvalue weighted by Gasteiger charge is -2.26. The highest BCUT2D eigenvalue weighted by molar-refractivity contribution is 5.29. The zero-order valence-corrected chi connectivity index (χ0v) is 15.5. The maximum Gasteiger partial charge on any atom is 0.168 e. The van der Waals surface area contributed by atoms with Crippen molar-refractivity contribution >= 4 is 5.82 Å². The Balaban J connectivity index is 1.41. The van der Waals surface area contributed by atoms with E-state index in [1.54, 1.807) is 0 Å². The number of rotatable bonds is 7. The zero-order valence-electron chi connectivity index (χ0n) is 15.5. The van der Waals surface area contributed by atoms with Gasteiger partial charge in [0.1, 0.15) is 0 Å². The molecule has 1 saturated carbocycles. The molecule has 1 N–H and O–H groups in total. The number of hydrogen-bond acceptors (Lipinski definition) is 3. The number of nitrogens with zero attached hydrogens (tertiary/aromatic N) is 3. The molecule has 3 rings (SSSR count). The van der Waals surface area contributed by atoms with E-state index in [1.165, 1.54) is 56.9 Å². The highest BCUT2D eigenvalue weighted by Crippen LogP contribution is 2.29. The van der Waals surface area contributed by atoms with Crippen molar-refractivity contribution in [2.45, 2.75) is 64.8 Å². The minimum absolute atomic E-state index is 0.772. The van der Waals surface area contributed by atoms with Gasteiger partial charge in [-0.05, 0) is 23.8 Å². The second-order valence-electron chi connectivity index (χ2n) is 7.58. The predicted molar refractivity (Wildman–Crippen MR) is 104 cm³/mol. The van der Waals surface area contributed by atoms with Crippen LogP contribution in [-0.2, 0) is 6.54 Å². The Kier molecular flexibility index (Phi) is 6.89. The standard InChI is InChI=1S/C21H32N4/c1-18(20-12-8-3-2-4-9-13-20)14-15-22-21-17-25(24-23-21)16-19-10-6-5-7-11-19/h5-7,10-11,17-18,20,22H,2-4,8-9,12-16H2,1H3. The lowest BCUT2D eigenvalue weighted by molar-refractivity contribution is 0.273. The number of hydrogen-bond donors (Lipinski definition) is 1. The summed E-state index contributed by atoms with van der Waals surface area (Å²) < 4.78 is 1.90. The fraction of sp³-hybridized carbons (Fsp3) is 0.619. The summed E-state index contributed by atoms with van der Waals surface area (Å²) in [5, 5.41) is 11.9. The molecule has 0 amide bonds. The van der Waals surface area contributed by atoms with Gasteiger partial charge >= 0.3 is 0 Å². The van der Waals surface area contributed by atoms with Crippen molar-refractivity contribution < 1.29 is 0 Å². The summed E-state index contributed by atoms with van der Waals surface area (Å²) in [4.78, 5) is 0. The summed E-state index contributed by atoms with van der Waals surface area (Å²) >= 11 is 0. The van der Waals surface area contributed by atoms with Gasteiger partial charge in [0.2, 0.25) is 0 Å². The first-order valence-electron chi connectivity index (χ1n) is 9.99. The van der Waals surface area contributed by atoms with Gasteiger partial charge in [-0.25, -0.2) is 4.68 Å². The minimum atomic E-state index is 0.772. The topological polar surface area (TPSA) is 42.7 Å². The largest absolute Gasteiger partial charge is 0.367 e. The van der Waals surface area contributed by atoms with Crippen LogP contribution in [0.1, 0.15) is 63.9 Å². The predicted octanol–water partition coefficient (Wildman–Crippen LogP) is 5.13. The van der Waals surface area contributed by atoms with Crippen LogP contribution in [-0.4, -0.2) is 21.5 Å². The van der Waals surface area contributed by atoms with Crippen LogP contribution in [0.15, 0.2) is 36.5 Å². The van der Waals surface area contributed by atoms with Crippen molar-refractivity contribution in [1.29, 1.82) is 0 Å². The molecule has 2 aromatic rings. The van der Waals surface area contributed by atoms with Gasteiger partial charge in [0.25, 0.3) is 0 Å². The van der Waals surface area contributed by atoms with Crippen LogP contribution in [0, 0.1) is 11.8 Å². The van der Waals surface area contributed by atoms with Gasteiger partial charge in [0, 0.05) is 6.54 Å². The summed E-state index contributed by atoms with van der Waals surface area (Å²) in [5.41, 5.74) is 1.25.